The molecule has 0 saturated carbocycles. The zero-order valence-electron chi connectivity index (χ0n) is 14.3. The third kappa shape index (κ3) is 3.32. The van der Waals surface area contributed by atoms with Crippen LogP contribution in [0.5, 0.6) is 0 Å². The second-order valence-electron chi connectivity index (χ2n) is 6.52. The molecule has 0 aromatic heterocycles. The summed E-state index contributed by atoms with van der Waals surface area (Å²) in [7, 11) is 0. The van der Waals surface area contributed by atoms with Crippen LogP contribution in [0.1, 0.15) is 33.5 Å². The molecule has 0 radical (unpaired) electrons. The van der Waals surface area contributed by atoms with Gasteiger partial charge in [-0.05, 0) is 62.6 Å². The van der Waals surface area contributed by atoms with Gasteiger partial charge in [0.15, 0.2) is 0 Å². The lowest BCUT2D eigenvalue weighted by Gasteiger charge is -2.18. The van der Waals surface area contributed by atoms with Crippen LogP contribution >= 0.6 is 0 Å². The summed E-state index contributed by atoms with van der Waals surface area (Å²) in [5, 5.41) is 2.86. The first kappa shape index (κ1) is 16.2. The van der Waals surface area contributed by atoms with Crippen LogP contribution in [0.4, 0.5) is 5.69 Å². The molecule has 0 aliphatic carbocycles. The molecular weight excluding hydrogens is 300 g/mol. The first-order chi connectivity index (χ1) is 11.4. The summed E-state index contributed by atoms with van der Waals surface area (Å²) in [6, 6.07) is 13.0. The second-order valence-corrected chi connectivity index (χ2v) is 6.52. The van der Waals surface area contributed by atoms with Crippen LogP contribution in [0, 0.1) is 20.8 Å². The highest BCUT2D eigenvalue weighted by atomic mass is 16.2. The molecule has 124 valence electrons. The number of nitrogens with zero attached hydrogens (tertiary/aromatic N) is 1. The van der Waals surface area contributed by atoms with Crippen LogP contribution in [0.15, 0.2) is 42.5 Å². The van der Waals surface area contributed by atoms with Gasteiger partial charge in [0, 0.05) is 17.8 Å². The Bertz CT molecular complexity index is 760. The summed E-state index contributed by atoms with van der Waals surface area (Å²) in [5.41, 5.74) is 4.85. The van der Waals surface area contributed by atoms with E-state index in [0.29, 0.717) is 18.5 Å². The smallest absolute Gasteiger partial charge is 0.251 e. The van der Waals surface area contributed by atoms with Gasteiger partial charge in [-0.3, -0.25) is 9.59 Å². The quantitative estimate of drug-likeness (QED) is 0.944. The van der Waals surface area contributed by atoms with Gasteiger partial charge in [-0.2, -0.15) is 0 Å². The average molecular weight is 322 g/mol. The molecule has 1 aliphatic rings. The Balaban J connectivity index is 1.72. The number of aryl methyl sites for hydroxylation is 3. The zero-order chi connectivity index (χ0) is 17.3. The molecule has 1 N–H and O–H groups in total. The highest BCUT2D eigenvalue weighted by Crippen LogP contribution is 2.24. The second kappa shape index (κ2) is 6.48. The fourth-order valence-corrected chi connectivity index (χ4v) is 3.12. The molecule has 1 fully saturated rings. The van der Waals surface area contributed by atoms with Crippen molar-refractivity contribution in [2.24, 2.45) is 0 Å². The molecule has 0 unspecified atom stereocenters. The van der Waals surface area contributed by atoms with Crippen molar-refractivity contribution in [3.63, 3.8) is 0 Å². The summed E-state index contributed by atoms with van der Waals surface area (Å²) >= 11 is 0. The average Bonchev–Trinajstić information content (AvgIpc) is 2.88. The van der Waals surface area contributed by atoms with E-state index in [0.717, 1.165) is 22.4 Å². The van der Waals surface area contributed by atoms with Gasteiger partial charge in [0.25, 0.3) is 5.91 Å². The number of hydrogen-bond donors (Lipinski definition) is 1. The fourth-order valence-electron chi connectivity index (χ4n) is 3.12. The maximum atomic E-state index is 12.7. The Kier molecular flexibility index (Phi) is 4.38. The van der Waals surface area contributed by atoms with Crippen LogP contribution < -0.4 is 10.2 Å². The van der Waals surface area contributed by atoms with Crippen molar-refractivity contribution in [2.45, 2.75) is 33.2 Å². The highest BCUT2D eigenvalue weighted by molar-refractivity contribution is 6.04. The molecule has 0 spiro atoms. The van der Waals surface area contributed by atoms with Crippen molar-refractivity contribution < 1.29 is 9.59 Å². The van der Waals surface area contributed by atoms with E-state index in [1.807, 2.05) is 45.0 Å². The molecule has 3 rings (SSSR count). The van der Waals surface area contributed by atoms with E-state index < -0.39 is 6.04 Å². The fraction of sp³-hybridized carbons (Fsp3) is 0.300. The Morgan fingerprint density at radius 1 is 1.00 bits per heavy atom. The number of carbonyl (C=O) groups is 2. The maximum Gasteiger partial charge on any atom is 0.251 e. The van der Waals surface area contributed by atoms with Gasteiger partial charge in [-0.15, -0.1) is 0 Å². The lowest BCUT2D eigenvalue weighted by atomic mass is 10.1. The Morgan fingerprint density at radius 3 is 2.25 bits per heavy atom. The van der Waals surface area contributed by atoms with Crippen molar-refractivity contribution >= 4 is 17.5 Å². The first-order valence-corrected chi connectivity index (χ1v) is 8.21. The Labute approximate surface area is 142 Å². The van der Waals surface area contributed by atoms with Gasteiger partial charge in [0.1, 0.15) is 6.04 Å². The molecule has 2 aromatic carbocycles. The first-order valence-electron chi connectivity index (χ1n) is 8.21. The SMILES string of the molecule is Cc1ccc(C(=O)N[C@H]2CCN(c3cc(C)cc(C)c3)C2=O)cc1. The number of rotatable bonds is 3. The molecule has 2 aromatic rings. The van der Waals surface area contributed by atoms with Crippen molar-refractivity contribution in [1.82, 2.24) is 5.32 Å². The number of carbonyl (C=O) groups excluding carboxylic acids is 2. The van der Waals surface area contributed by atoms with Gasteiger partial charge in [0.2, 0.25) is 5.91 Å². The number of anilines is 1. The van der Waals surface area contributed by atoms with E-state index in [-0.39, 0.29) is 11.8 Å². The summed E-state index contributed by atoms with van der Waals surface area (Å²) in [6.45, 7) is 6.64. The third-order valence-electron chi connectivity index (χ3n) is 4.34. The predicted molar refractivity (Wildman–Crippen MR) is 95.3 cm³/mol. The summed E-state index contributed by atoms with van der Waals surface area (Å²) < 4.78 is 0. The van der Waals surface area contributed by atoms with E-state index in [4.69, 9.17) is 0 Å². The third-order valence-corrected chi connectivity index (χ3v) is 4.34. The Morgan fingerprint density at radius 2 is 1.62 bits per heavy atom. The van der Waals surface area contributed by atoms with Gasteiger partial charge in [-0.25, -0.2) is 0 Å². The predicted octanol–water partition coefficient (Wildman–Crippen LogP) is 3.15. The largest absolute Gasteiger partial charge is 0.340 e. The van der Waals surface area contributed by atoms with E-state index >= 15 is 0 Å². The summed E-state index contributed by atoms with van der Waals surface area (Å²) in [5.74, 6) is -0.240. The number of amides is 2. The minimum Gasteiger partial charge on any atom is -0.340 e. The highest BCUT2D eigenvalue weighted by Gasteiger charge is 2.33. The van der Waals surface area contributed by atoms with Crippen LogP contribution in [0.25, 0.3) is 0 Å². The molecule has 1 saturated heterocycles. The van der Waals surface area contributed by atoms with E-state index in [1.165, 1.54) is 0 Å². The van der Waals surface area contributed by atoms with Crippen molar-refractivity contribution in [1.29, 1.82) is 0 Å². The number of benzene rings is 2. The topological polar surface area (TPSA) is 49.4 Å². The molecule has 0 bridgehead atoms. The van der Waals surface area contributed by atoms with Crippen molar-refractivity contribution in [3.05, 3.63) is 64.7 Å². The van der Waals surface area contributed by atoms with Gasteiger partial charge in [0.05, 0.1) is 0 Å². The zero-order valence-corrected chi connectivity index (χ0v) is 14.3. The van der Waals surface area contributed by atoms with E-state index in [1.54, 1.807) is 17.0 Å². The molecule has 24 heavy (non-hydrogen) atoms. The van der Waals surface area contributed by atoms with Gasteiger partial charge >= 0.3 is 0 Å². The van der Waals surface area contributed by atoms with Crippen molar-refractivity contribution in [2.75, 3.05) is 11.4 Å². The van der Waals surface area contributed by atoms with Crippen LogP contribution in [-0.4, -0.2) is 24.4 Å². The lowest BCUT2D eigenvalue weighted by molar-refractivity contribution is -0.118. The van der Waals surface area contributed by atoms with Crippen LogP contribution in [0.2, 0.25) is 0 Å². The monoisotopic (exact) mass is 322 g/mol. The van der Waals surface area contributed by atoms with E-state index in [9.17, 15) is 9.59 Å². The number of hydrogen-bond acceptors (Lipinski definition) is 2. The maximum absolute atomic E-state index is 12.7. The normalized spacial score (nSPS) is 17.2. The Hall–Kier alpha value is -2.62. The van der Waals surface area contributed by atoms with Gasteiger partial charge < -0.3 is 10.2 Å². The van der Waals surface area contributed by atoms with Crippen molar-refractivity contribution in [3.8, 4) is 0 Å². The molecule has 2 amide bonds. The minimum atomic E-state index is -0.459. The summed E-state index contributed by atoms with van der Waals surface area (Å²) in [6.07, 6.45) is 0.628. The number of nitrogens with one attached hydrogen (secondary N) is 1. The van der Waals surface area contributed by atoms with Gasteiger partial charge in [-0.1, -0.05) is 23.8 Å². The van der Waals surface area contributed by atoms with E-state index in [2.05, 4.69) is 11.4 Å². The lowest BCUT2D eigenvalue weighted by Crippen LogP contribution is -2.41. The molecule has 4 heteroatoms. The van der Waals surface area contributed by atoms with Crippen LogP contribution in [0.3, 0.4) is 0 Å². The minimum absolute atomic E-state index is 0.0412. The standard InChI is InChI=1S/C20H22N2O2/c1-13-4-6-16(7-5-13)19(23)21-18-8-9-22(20(18)24)17-11-14(2)10-15(3)12-17/h4-7,10-12,18H,8-9H2,1-3H3,(H,21,23)/t18-/m0/s1. The van der Waals surface area contributed by atoms with Crippen LogP contribution in [-0.2, 0) is 4.79 Å². The molecule has 1 heterocycles. The summed E-state index contributed by atoms with van der Waals surface area (Å²) in [4.78, 5) is 26.8. The molecule has 1 aliphatic heterocycles. The molecular formula is C20H22N2O2. The molecule has 1 atom stereocenters. The molecule has 4 nitrogen and oxygen atoms in total.